The maximum absolute atomic E-state index is 12.1. The fourth-order valence-electron chi connectivity index (χ4n) is 1.78. The van der Waals surface area contributed by atoms with Gasteiger partial charge in [0.05, 0.1) is 0 Å². The lowest BCUT2D eigenvalue weighted by molar-refractivity contribution is 0.102. The van der Waals surface area contributed by atoms with Gasteiger partial charge >= 0.3 is 0 Å². The second-order valence-electron chi connectivity index (χ2n) is 4.16. The van der Waals surface area contributed by atoms with E-state index < -0.39 is 0 Å². The second kappa shape index (κ2) is 5.89. The van der Waals surface area contributed by atoms with E-state index in [0.29, 0.717) is 5.56 Å². The highest BCUT2D eigenvalue weighted by Crippen LogP contribution is 2.22. The van der Waals surface area contributed by atoms with Crippen molar-refractivity contribution in [3.8, 4) is 5.75 Å². The Morgan fingerprint density at radius 1 is 1.21 bits per heavy atom. The summed E-state index contributed by atoms with van der Waals surface area (Å²) in [5.74, 6) is -0.0357. The average Bonchev–Trinajstić information content (AvgIpc) is 2.41. The van der Waals surface area contributed by atoms with Crippen LogP contribution in [0, 0.1) is 0 Å². The second-order valence-corrected chi connectivity index (χ2v) is 5.07. The Kier molecular flexibility index (Phi) is 4.22. The first kappa shape index (κ1) is 13.6. The van der Waals surface area contributed by atoms with E-state index in [1.165, 1.54) is 12.1 Å². The first-order valence-corrected chi connectivity index (χ1v) is 6.78. The number of carbonyl (C=O) groups excluding carboxylic acids is 1. The molecule has 0 spiro atoms. The summed E-state index contributed by atoms with van der Waals surface area (Å²) in [7, 11) is 0. The molecule has 0 heterocycles. The number of hydrogen-bond acceptors (Lipinski definition) is 2. The van der Waals surface area contributed by atoms with Gasteiger partial charge in [-0.2, -0.15) is 0 Å². The molecular formula is C15H14BrNO2. The summed E-state index contributed by atoms with van der Waals surface area (Å²) in [5.41, 5.74) is 2.40. The fourth-order valence-corrected chi connectivity index (χ4v) is 2.19. The largest absolute Gasteiger partial charge is 0.508 e. The number of benzene rings is 2. The van der Waals surface area contributed by atoms with Gasteiger partial charge in [0.15, 0.2) is 0 Å². The van der Waals surface area contributed by atoms with Crippen LogP contribution in [0.3, 0.4) is 0 Å². The standard InChI is InChI=1S/C15H14BrNO2/c1-2-10-9-12(16)5-8-14(10)17-15(19)11-3-6-13(18)7-4-11/h3-9,18H,2H2,1H3,(H,17,19). The van der Waals surface area contributed by atoms with E-state index in [1.807, 2.05) is 25.1 Å². The summed E-state index contributed by atoms with van der Waals surface area (Å²) < 4.78 is 0.993. The van der Waals surface area contributed by atoms with Crippen LogP contribution in [0.2, 0.25) is 0 Å². The van der Waals surface area contributed by atoms with E-state index in [0.717, 1.165) is 22.1 Å². The first-order chi connectivity index (χ1) is 9.10. The summed E-state index contributed by atoms with van der Waals surface area (Å²) in [5, 5.41) is 12.1. The first-order valence-electron chi connectivity index (χ1n) is 5.99. The number of rotatable bonds is 3. The number of halogens is 1. The van der Waals surface area contributed by atoms with Crippen LogP contribution in [0.25, 0.3) is 0 Å². The molecule has 0 radical (unpaired) electrons. The molecule has 0 bridgehead atoms. The zero-order valence-electron chi connectivity index (χ0n) is 10.5. The van der Waals surface area contributed by atoms with Crippen molar-refractivity contribution in [1.29, 1.82) is 0 Å². The van der Waals surface area contributed by atoms with Gasteiger partial charge in [0.25, 0.3) is 5.91 Å². The van der Waals surface area contributed by atoms with Crippen molar-refractivity contribution >= 4 is 27.5 Å². The fraction of sp³-hybridized carbons (Fsp3) is 0.133. The van der Waals surface area contributed by atoms with Crippen LogP contribution in [-0.4, -0.2) is 11.0 Å². The highest BCUT2D eigenvalue weighted by atomic mass is 79.9. The van der Waals surface area contributed by atoms with Crippen molar-refractivity contribution in [2.75, 3.05) is 5.32 Å². The van der Waals surface area contributed by atoms with E-state index in [2.05, 4.69) is 21.2 Å². The molecule has 3 nitrogen and oxygen atoms in total. The molecule has 2 aromatic rings. The Balaban J connectivity index is 2.21. The van der Waals surface area contributed by atoms with Crippen molar-refractivity contribution in [1.82, 2.24) is 0 Å². The lowest BCUT2D eigenvalue weighted by Crippen LogP contribution is -2.13. The average molecular weight is 320 g/mol. The quantitative estimate of drug-likeness (QED) is 0.899. The number of hydrogen-bond donors (Lipinski definition) is 2. The molecule has 2 rings (SSSR count). The van der Waals surface area contributed by atoms with Crippen molar-refractivity contribution in [2.45, 2.75) is 13.3 Å². The van der Waals surface area contributed by atoms with Gasteiger partial charge in [0, 0.05) is 15.7 Å². The lowest BCUT2D eigenvalue weighted by atomic mass is 10.1. The van der Waals surface area contributed by atoms with Crippen molar-refractivity contribution < 1.29 is 9.90 Å². The highest BCUT2D eigenvalue weighted by Gasteiger charge is 2.08. The number of carbonyl (C=O) groups is 1. The Hall–Kier alpha value is -1.81. The minimum atomic E-state index is -0.183. The van der Waals surface area contributed by atoms with Crippen LogP contribution in [0.5, 0.6) is 5.75 Å². The Morgan fingerprint density at radius 3 is 2.53 bits per heavy atom. The number of phenolic OH excluding ortho intramolecular Hbond substituents is 1. The molecule has 0 unspecified atom stereocenters. The Labute approximate surface area is 120 Å². The van der Waals surface area contributed by atoms with Crippen molar-refractivity contribution in [3.05, 3.63) is 58.1 Å². The van der Waals surface area contributed by atoms with E-state index >= 15 is 0 Å². The smallest absolute Gasteiger partial charge is 0.255 e. The number of amides is 1. The SMILES string of the molecule is CCc1cc(Br)ccc1NC(=O)c1ccc(O)cc1. The van der Waals surface area contributed by atoms with Gasteiger partial charge in [-0.05, 0) is 54.4 Å². The Morgan fingerprint density at radius 2 is 1.89 bits per heavy atom. The van der Waals surface area contributed by atoms with Crippen LogP contribution in [0.1, 0.15) is 22.8 Å². The molecule has 2 N–H and O–H groups in total. The maximum Gasteiger partial charge on any atom is 0.255 e. The van der Waals surface area contributed by atoms with Crippen LogP contribution in [-0.2, 0) is 6.42 Å². The molecule has 0 atom stereocenters. The highest BCUT2D eigenvalue weighted by molar-refractivity contribution is 9.10. The molecular weight excluding hydrogens is 306 g/mol. The van der Waals surface area contributed by atoms with Crippen molar-refractivity contribution in [3.63, 3.8) is 0 Å². The third-order valence-electron chi connectivity index (χ3n) is 2.83. The topological polar surface area (TPSA) is 49.3 Å². The zero-order valence-corrected chi connectivity index (χ0v) is 12.1. The lowest BCUT2D eigenvalue weighted by Gasteiger charge is -2.10. The zero-order chi connectivity index (χ0) is 13.8. The minimum absolute atomic E-state index is 0.148. The summed E-state index contributed by atoms with van der Waals surface area (Å²) in [6.45, 7) is 2.04. The van der Waals surface area contributed by atoms with Crippen molar-refractivity contribution in [2.24, 2.45) is 0 Å². The van der Waals surface area contributed by atoms with E-state index in [4.69, 9.17) is 0 Å². The molecule has 0 aliphatic rings. The minimum Gasteiger partial charge on any atom is -0.508 e. The molecule has 1 amide bonds. The molecule has 0 aromatic heterocycles. The van der Waals surface area contributed by atoms with Gasteiger partial charge in [-0.25, -0.2) is 0 Å². The third kappa shape index (κ3) is 3.35. The van der Waals surface area contributed by atoms with E-state index in [1.54, 1.807) is 12.1 Å². The number of phenols is 1. The summed E-state index contributed by atoms with van der Waals surface area (Å²) >= 11 is 3.42. The predicted octanol–water partition coefficient (Wildman–Crippen LogP) is 3.97. The molecule has 0 saturated carbocycles. The molecule has 98 valence electrons. The molecule has 0 fully saturated rings. The summed E-state index contributed by atoms with van der Waals surface area (Å²) in [4.78, 5) is 12.1. The molecule has 0 saturated heterocycles. The number of nitrogens with one attached hydrogen (secondary N) is 1. The number of aryl methyl sites for hydroxylation is 1. The molecule has 0 aliphatic carbocycles. The van der Waals surface area contributed by atoms with Crippen LogP contribution < -0.4 is 5.32 Å². The number of aromatic hydroxyl groups is 1. The Bertz CT molecular complexity index is 594. The monoisotopic (exact) mass is 319 g/mol. The third-order valence-corrected chi connectivity index (χ3v) is 3.32. The van der Waals surface area contributed by atoms with Gasteiger partial charge in [0.2, 0.25) is 0 Å². The van der Waals surface area contributed by atoms with Crippen LogP contribution in [0.15, 0.2) is 46.9 Å². The number of anilines is 1. The van der Waals surface area contributed by atoms with Crippen LogP contribution in [0.4, 0.5) is 5.69 Å². The van der Waals surface area contributed by atoms with Gasteiger partial charge in [-0.1, -0.05) is 22.9 Å². The van der Waals surface area contributed by atoms with Gasteiger partial charge in [-0.3, -0.25) is 4.79 Å². The van der Waals surface area contributed by atoms with Gasteiger partial charge < -0.3 is 10.4 Å². The molecule has 0 aliphatic heterocycles. The molecule has 4 heteroatoms. The summed E-state index contributed by atoms with van der Waals surface area (Å²) in [6, 6.07) is 11.9. The molecule has 19 heavy (non-hydrogen) atoms. The van der Waals surface area contributed by atoms with Crippen LogP contribution >= 0.6 is 15.9 Å². The maximum atomic E-state index is 12.1. The van der Waals surface area contributed by atoms with Gasteiger partial charge in [0.1, 0.15) is 5.75 Å². The molecule has 2 aromatic carbocycles. The van der Waals surface area contributed by atoms with E-state index in [-0.39, 0.29) is 11.7 Å². The van der Waals surface area contributed by atoms with Gasteiger partial charge in [-0.15, -0.1) is 0 Å². The van der Waals surface area contributed by atoms with E-state index in [9.17, 15) is 9.90 Å². The summed E-state index contributed by atoms with van der Waals surface area (Å²) in [6.07, 6.45) is 0.838. The predicted molar refractivity (Wildman–Crippen MR) is 79.6 cm³/mol. The normalized spacial score (nSPS) is 10.2.